The minimum absolute atomic E-state index is 0.00353. The van der Waals surface area contributed by atoms with Gasteiger partial charge in [0.25, 0.3) is 0 Å². The summed E-state index contributed by atoms with van der Waals surface area (Å²) in [4.78, 5) is 2.70. The van der Waals surface area contributed by atoms with Gasteiger partial charge in [0.15, 0.2) is 13.5 Å². The molecule has 0 spiro atoms. The second kappa shape index (κ2) is 11.7. The standard InChI is InChI=1S/C33H22F12N2O2/c34-30(35,36)21-1-7-25(8-2-21)46-15-19-13-23(5-11-27(19)48-17-46)29(32(40,41)42,33(43,44)45)24-6-12-28-20(14-24)16-47(18-49-28)26-9-3-22(4-10-26)31(37,38)39/h1-14H,15-18H2. The van der Waals surface area contributed by atoms with Crippen molar-refractivity contribution in [3.05, 3.63) is 118 Å². The van der Waals surface area contributed by atoms with Crippen LogP contribution < -0.4 is 19.3 Å². The van der Waals surface area contributed by atoms with Crippen molar-refractivity contribution in [2.75, 3.05) is 23.3 Å². The Kier molecular flexibility index (Phi) is 8.14. The van der Waals surface area contributed by atoms with Crippen molar-refractivity contribution < 1.29 is 62.2 Å². The van der Waals surface area contributed by atoms with Gasteiger partial charge in [-0.3, -0.25) is 0 Å². The van der Waals surface area contributed by atoms with Crippen LogP contribution in [0.3, 0.4) is 0 Å². The van der Waals surface area contributed by atoms with Crippen LogP contribution in [-0.2, 0) is 30.9 Å². The number of hydrogen-bond acceptors (Lipinski definition) is 4. The van der Waals surface area contributed by atoms with Crippen molar-refractivity contribution in [1.29, 1.82) is 0 Å². The van der Waals surface area contributed by atoms with Crippen LogP contribution in [0.1, 0.15) is 33.4 Å². The number of anilines is 2. The van der Waals surface area contributed by atoms with Crippen LogP contribution >= 0.6 is 0 Å². The van der Waals surface area contributed by atoms with Crippen molar-refractivity contribution >= 4 is 11.4 Å². The second-order valence-corrected chi connectivity index (χ2v) is 11.4. The molecule has 0 fully saturated rings. The van der Waals surface area contributed by atoms with Gasteiger partial charge in [-0.1, -0.05) is 12.1 Å². The average molecular weight is 707 g/mol. The van der Waals surface area contributed by atoms with E-state index in [9.17, 15) is 26.3 Å². The summed E-state index contributed by atoms with van der Waals surface area (Å²) in [7, 11) is 0. The van der Waals surface area contributed by atoms with E-state index in [-0.39, 0.29) is 60.6 Å². The van der Waals surface area contributed by atoms with Gasteiger partial charge in [0.2, 0.25) is 5.41 Å². The second-order valence-electron chi connectivity index (χ2n) is 11.4. The van der Waals surface area contributed by atoms with Gasteiger partial charge in [0, 0.05) is 35.6 Å². The maximum absolute atomic E-state index is 15.1. The molecule has 2 aliphatic rings. The van der Waals surface area contributed by atoms with E-state index in [0.29, 0.717) is 12.1 Å². The lowest BCUT2D eigenvalue weighted by atomic mass is 9.72. The summed E-state index contributed by atoms with van der Waals surface area (Å²) in [5.74, 6) is -0.00706. The third-order valence-corrected chi connectivity index (χ3v) is 8.43. The van der Waals surface area contributed by atoms with Gasteiger partial charge in [-0.15, -0.1) is 0 Å². The molecule has 2 heterocycles. The molecule has 4 aromatic carbocycles. The maximum atomic E-state index is 15.1. The molecule has 0 saturated heterocycles. The van der Waals surface area contributed by atoms with Gasteiger partial charge in [0.1, 0.15) is 11.5 Å². The monoisotopic (exact) mass is 706 g/mol. The highest BCUT2D eigenvalue weighted by molar-refractivity contribution is 5.57. The molecule has 0 saturated carbocycles. The van der Waals surface area contributed by atoms with E-state index < -0.39 is 52.4 Å². The topological polar surface area (TPSA) is 24.9 Å². The van der Waals surface area contributed by atoms with E-state index in [1.54, 1.807) is 0 Å². The van der Waals surface area contributed by atoms with Gasteiger partial charge >= 0.3 is 24.7 Å². The fraction of sp³-hybridized carbons (Fsp3) is 0.273. The highest BCUT2D eigenvalue weighted by Crippen LogP contribution is 2.57. The molecule has 0 amide bonds. The van der Waals surface area contributed by atoms with Crippen LogP contribution in [-0.4, -0.2) is 25.8 Å². The quantitative estimate of drug-likeness (QED) is 0.198. The largest absolute Gasteiger partial charge is 0.473 e. The number of rotatable bonds is 4. The van der Waals surface area contributed by atoms with Gasteiger partial charge in [-0.2, -0.15) is 52.7 Å². The van der Waals surface area contributed by atoms with Gasteiger partial charge in [-0.25, -0.2) is 0 Å². The number of benzene rings is 4. The molecule has 0 unspecified atom stereocenters. The minimum Gasteiger partial charge on any atom is -0.473 e. The Morgan fingerprint density at radius 3 is 1.06 bits per heavy atom. The SMILES string of the molecule is FC(F)(F)c1ccc(N2COc3ccc(C(c4ccc5c(c4)CN(c4ccc(C(F)(F)F)cc4)CO5)(C(F)(F)F)C(F)(F)F)cc3C2)cc1. The summed E-state index contributed by atoms with van der Waals surface area (Å²) >= 11 is 0. The van der Waals surface area contributed by atoms with Gasteiger partial charge < -0.3 is 19.3 Å². The van der Waals surface area contributed by atoms with Crippen LogP contribution in [0.5, 0.6) is 11.5 Å². The number of alkyl halides is 12. The maximum Gasteiger partial charge on any atom is 0.416 e. The van der Waals surface area contributed by atoms with Crippen molar-refractivity contribution in [2.45, 2.75) is 43.2 Å². The molecule has 6 rings (SSSR count). The Hall–Kier alpha value is -4.76. The summed E-state index contributed by atoms with van der Waals surface area (Å²) in [5.41, 5.74) is -8.58. The Morgan fingerprint density at radius 2 is 0.755 bits per heavy atom. The van der Waals surface area contributed by atoms with Crippen molar-refractivity contribution in [3.8, 4) is 11.5 Å². The first-order valence-corrected chi connectivity index (χ1v) is 14.3. The zero-order chi connectivity index (χ0) is 35.6. The van der Waals surface area contributed by atoms with Crippen LogP contribution in [0, 0.1) is 0 Å². The number of hydrogen-bond donors (Lipinski definition) is 0. The molecule has 0 aromatic heterocycles. The van der Waals surface area contributed by atoms with E-state index in [1.807, 2.05) is 0 Å². The normalized spacial score (nSPS) is 15.7. The Labute approximate surface area is 270 Å². The van der Waals surface area contributed by atoms with Crippen LogP contribution in [0.15, 0.2) is 84.9 Å². The molecular weight excluding hydrogens is 684 g/mol. The third kappa shape index (κ3) is 6.16. The molecule has 4 aromatic rings. The van der Waals surface area contributed by atoms with Gasteiger partial charge in [0.05, 0.1) is 11.1 Å². The Bertz CT molecular complexity index is 1690. The molecule has 16 heteroatoms. The lowest BCUT2D eigenvalue weighted by Gasteiger charge is -2.40. The van der Waals surface area contributed by atoms with E-state index in [2.05, 4.69) is 0 Å². The van der Waals surface area contributed by atoms with E-state index in [0.717, 1.165) is 72.8 Å². The first kappa shape index (κ1) is 34.1. The zero-order valence-corrected chi connectivity index (χ0v) is 24.7. The summed E-state index contributed by atoms with van der Waals surface area (Å²) in [5, 5.41) is 0. The van der Waals surface area contributed by atoms with Crippen molar-refractivity contribution in [1.82, 2.24) is 0 Å². The molecule has 4 nitrogen and oxygen atoms in total. The Morgan fingerprint density at radius 1 is 0.429 bits per heavy atom. The molecule has 49 heavy (non-hydrogen) atoms. The highest BCUT2D eigenvalue weighted by atomic mass is 19.4. The smallest absolute Gasteiger partial charge is 0.416 e. The lowest BCUT2D eigenvalue weighted by molar-refractivity contribution is -0.288. The first-order valence-electron chi connectivity index (χ1n) is 14.3. The minimum atomic E-state index is -5.95. The lowest BCUT2D eigenvalue weighted by Crippen LogP contribution is -2.55. The molecule has 0 atom stereocenters. The summed E-state index contributed by atoms with van der Waals surface area (Å²) < 4.78 is 180. The van der Waals surface area contributed by atoms with E-state index in [1.165, 1.54) is 9.80 Å². The predicted molar refractivity (Wildman–Crippen MR) is 152 cm³/mol. The Balaban J connectivity index is 1.38. The number of nitrogens with zero attached hydrogens (tertiary/aromatic N) is 2. The molecule has 0 radical (unpaired) electrons. The highest BCUT2D eigenvalue weighted by Gasteiger charge is 2.72. The third-order valence-electron chi connectivity index (χ3n) is 8.43. The zero-order valence-electron chi connectivity index (χ0n) is 24.7. The van der Waals surface area contributed by atoms with Crippen molar-refractivity contribution in [3.63, 3.8) is 0 Å². The first-order chi connectivity index (χ1) is 22.8. The molecule has 0 bridgehead atoms. The summed E-state index contributed by atoms with van der Waals surface area (Å²) in [6, 6.07) is 12.3. The molecule has 2 aliphatic heterocycles. The summed E-state index contributed by atoms with van der Waals surface area (Å²) in [6.07, 6.45) is -21.1. The predicted octanol–water partition coefficient (Wildman–Crippen LogP) is 9.85. The number of ether oxygens (including phenoxy) is 2. The van der Waals surface area contributed by atoms with Crippen LogP contribution in [0.2, 0.25) is 0 Å². The molecule has 0 N–H and O–H groups in total. The number of halogens is 12. The van der Waals surface area contributed by atoms with E-state index >= 15 is 26.3 Å². The van der Waals surface area contributed by atoms with E-state index in [4.69, 9.17) is 9.47 Å². The number of fused-ring (bicyclic) bond motifs is 2. The van der Waals surface area contributed by atoms with Crippen LogP contribution in [0.25, 0.3) is 0 Å². The summed E-state index contributed by atoms with van der Waals surface area (Å²) in [6.45, 7) is -1.02. The van der Waals surface area contributed by atoms with Crippen molar-refractivity contribution in [2.24, 2.45) is 0 Å². The fourth-order valence-corrected chi connectivity index (χ4v) is 5.99. The van der Waals surface area contributed by atoms with Crippen LogP contribution in [0.4, 0.5) is 64.1 Å². The molecule has 260 valence electrons. The fourth-order valence-electron chi connectivity index (χ4n) is 5.99. The molecule has 0 aliphatic carbocycles. The van der Waals surface area contributed by atoms with Gasteiger partial charge in [-0.05, 0) is 83.9 Å². The average Bonchev–Trinajstić information content (AvgIpc) is 3.02. The molecular formula is C33H22F12N2O2.